The summed E-state index contributed by atoms with van der Waals surface area (Å²) in [5.41, 5.74) is 3.19. The lowest BCUT2D eigenvalue weighted by atomic mass is 10.1. The third-order valence-electron chi connectivity index (χ3n) is 5.38. The number of methoxy groups -OCH3 is 2. The maximum atomic E-state index is 13.4. The number of rotatable bonds is 8. The molecule has 2 heterocycles. The number of thiophene rings is 1. The van der Waals surface area contributed by atoms with E-state index < -0.39 is 0 Å². The SMILES string of the molecule is COc1ccc(CN2C(=O)C(Nc3ccc(N(C)C)cc3)=C(c3cccs3)C2=O)cc1OC. The standard InChI is InChI=1S/C25H25N3O4S/c1-27(2)18-10-8-17(9-11-18)26-23-22(21-6-5-13-33-21)24(29)28(25(23)30)15-16-7-12-19(31-3)20(14-16)32-4/h5-14,26H,15H2,1-4H3. The fraction of sp³-hybridized carbons (Fsp3) is 0.200. The van der Waals surface area contributed by atoms with Crippen molar-refractivity contribution in [3.8, 4) is 11.5 Å². The molecular formula is C25H25N3O4S. The van der Waals surface area contributed by atoms with Gasteiger partial charge in [0, 0.05) is 30.3 Å². The van der Waals surface area contributed by atoms with Crippen LogP contribution in [0.1, 0.15) is 10.4 Å². The van der Waals surface area contributed by atoms with Gasteiger partial charge in [-0.15, -0.1) is 11.3 Å². The number of carbonyl (C=O) groups excluding carboxylic acids is 2. The van der Waals surface area contributed by atoms with E-state index in [4.69, 9.17) is 9.47 Å². The van der Waals surface area contributed by atoms with E-state index in [0.717, 1.165) is 21.8 Å². The van der Waals surface area contributed by atoms with Crippen LogP contribution in [-0.4, -0.2) is 45.0 Å². The first kappa shape index (κ1) is 22.4. The quantitative estimate of drug-likeness (QED) is 0.505. The molecule has 1 N–H and O–H groups in total. The zero-order valence-corrected chi connectivity index (χ0v) is 19.7. The third kappa shape index (κ3) is 4.42. The lowest BCUT2D eigenvalue weighted by molar-refractivity contribution is -0.137. The van der Waals surface area contributed by atoms with Gasteiger partial charge in [0.25, 0.3) is 11.8 Å². The predicted molar refractivity (Wildman–Crippen MR) is 131 cm³/mol. The Labute approximate surface area is 196 Å². The summed E-state index contributed by atoms with van der Waals surface area (Å²) in [6.07, 6.45) is 0. The maximum absolute atomic E-state index is 13.4. The molecule has 0 unspecified atom stereocenters. The Balaban J connectivity index is 1.65. The smallest absolute Gasteiger partial charge is 0.278 e. The largest absolute Gasteiger partial charge is 0.493 e. The number of amides is 2. The lowest BCUT2D eigenvalue weighted by Gasteiger charge is -2.17. The van der Waals surface area contributed by atoms with Crippen molar-refractivity contribution >= 4 is 40.1 Å². The summed E-state index contributed by atoms with van der Waals surface area (Å²) in [5.74, 6) is 0.431. The highest BCUT2D eigenvalue weighted by atomic mass is 32.1. The first-order valence-electron chi connectivity index (χ1n) is 10.3. The van der Waals surface area contributed by atoms with Crippen molar-refractivity contribution in [2.45, 2.75) is 6.54 Å². The zero-order valence-electron chi connectivity index (χ0n) is 18.9. The van der Waals surface area contributed by atoms with Crippen molar-refractivity contribution in [1.82, 2.24) is 4.90 Å². The third-order valence-corrected chi connectivity index (χ3v) is 6.26. The Hall–Kier alpha value is -3.78. The topological polar surface area (TPSA) is 71.1 Å². The molecule has 33 heavy (non-hydrogen) atoms. The van der Waals surface area contributed by atoms with Crippen LogP contribution in [-0.2, 0) is 16.1 Å². The minimum atomic E-state index is -0.366. The Kier molecular flexibility index (Phi) is 6.37. The molecule has 0 spiro atoms. The molecule has 170 valence electrons. The van der Waals surface area contributed by atoms with Gasteiger partial charge in [-0.1, -0.05) is 12.1 Å². The number of hydrogen-bond acceptors (Lipinski definition) is 7. The number of imide groups is 1. The summed E-state index contributed by atoms with van der Waals surface area (Å²) < 4.78 is 10.6. The molecule has 1 aliphatic heterocycles. The first-order chi connectivity index (χ1) is 15.9. The van der Waals surface area contributed by atoms with Gasteiger partial charge in [-0.25, -0.2) is 0 Å². The summed E-state index contributed by atoms with van der Waals surface area (Å²) in [5, 5.41) is 5.08. The average molecular weight is 464 g/mol. The van der Waals surface area contributed by atoms with Crippen molar-refractivity contribution < 1.29 is 19.1 Å². The van der Waals surface area contributed by atoms with Gasteiger partial charge < -0.3 is 19.7 Å². The molecule has 2 amide bonds. The Bertz CT molecular complexity index is 1200. The number of hydrogen-bond donors (Lipinski definition) is 1. The van der Waals surface area contributed by atoms with Gasteiger partial charge in [0.15, 0.2) is 11.5 Å². The molecule has 3 aromatic rings. The van der Waals surface area contributed by atoms with Crippen molar-refractivity contribution in [2.75, 3.05) is 38.5 Å². The minimum Gasteiger partial charge on any atom is -0.493 e. The van der Waals surface area contributed by atoms with E-state index in [2.05, 4.69) is 5.32 Å². The number of nitrogens with one attached hydrogen (secondary N) is 1. The lowest BCUT2D eigenvalue weighted by Crippen LogP contribution is -2.32. The second kappa shape index (κ2) is 9.38. The van der Waals surface area contributed by atoms with E-state index >= 15 is 0 Å². The highest BCUT2D eigenvalue weighted by molar-refractivity contribution is 7.11. The fourth-order valence-electron chi connectivity index (χ4n) is 3.63. The van der Waals surface area contributed by atoms with Crippen molar-refractivity contribution in [3.63, 3.8) is 0 Å². The highest BCUT2D eigenvalue weighted by Gasteiger charge is 2.39. The zero-order chi connectivity index (χ0) is 23.5. The summed E-state index contributed by atoms with van der Waals surface area (Å²) in [6.45, 7) is 0.123. The molecule has 8 heteroatoms. The van der Waals surface area contributed by atoms with Crippen LogP contribution in [0.5, 0.6) is 11.5 Å². The van der Waals surface area contributed by atoms with Crippen LogP contribution < -0.4 is 19.7 Å². The van der Waals surface area contributed by atoms with E-state index in [0.29, 0.717) is 17.1 Å². The summed E-state index contributed by atoms with van der Waals surface area (Å²) in [6, 6.07) is 16.8. The van der Waals surface area contributed by atoms with Crippen molar-refractivity contribution in [3.05, 3.63) is 76.1 Å². The second-order valence-corrected chi connectivity index (χ2v) is 8.63. The summed E-state index contributed by atoms with van der Waals surface area (Å²) in [7, 11) is 7.04. The average Bonchev–Trinajstić information content (AvgIpc) is 3.42. The number of ether oxygens (including phenoxy) is 2. The van der Waals surface area contributed by atoms with Gasteiger partial charge in [-0.3, -0.25) is 14.5 Å². The van der Waals surface area contributed by atoms with Crippen molar-refractivity contribution in [1.29, 1.82) is 0 Å². The second-order valence-electron chi connectivity index (χ2n) is 7.68. The number of carbonyl (C=O) groups is 2. The molecule has 0 bridgehead atoms. The number of benzene rings is 2. The molecule has 0 atom stereocenters. The molecular weight excluding hydrogens is 438 g/mol. The molecule has 0 saturated carbocycles. The van der Waals surface area contributed by atoms with E-state index in [1.165, 1.54) is 16.2 Å². The van der Waals surface area contributed by atoms with Gasteiger partial charge in [0.2, 0.25) is 0 Å². The molecule has 0 saturated heterocycles. The highest BCUT2D eigenvalue weighted by Crippen LogP contribution is 2.35. The fourth-order valence-corrected chi connectivity index (χ4v) is 4.40. The van der Waals surface area contributed by atoms with Gasteiger partial charge in [-0.2, -0.15) is 0 Å². The molecule has 2 aromatic carbocycles. The van der Waals surface area contributed by atoms with Gasteiger partial charge in [0.05, 0.1) is 26.3 Å². The molecule has 4 rings (SSSR count). The minimum absolute atomic E-state index is 0.123. The Morgan fingerprint density at radius 3 is 2.27 bits per heavy atom. The molecule has 0 aliphatic carbocycles. The number of anilines is 2. The number of nitrogens with zero attached hydrogens (tertiary/aromatic N) is 2. The van der Waals surface area contributed by atoms with E-state index in [1.807, 2.05) is 66.8 Å². The van der Waals surface area contributed by atoms with Crippen LogP contribution in [0.3, 0.4) is 0 Å². The molecule has 7 nitrogen and oxygen atoms in total. The first-order valence-corrected chi connectivity index (χ1v) is 11.2. The Morgan fingerprint density at radius 1 is 0.939 bits per heavy atom. The van der Waals surface area contributed by atoms with Crippen LogP contribution in [0.15, 0.2) is 65.7 Å². The Morgan fingerprint density at radius 2 is 1.67 bits per heavy atom. The molecule has 1 aromatic heterocycles. The van der Waals surface area contributed by atoms with Crippen LogP contribution in [0.2, 0.25) is 0 Å². The molecule has 1 aliphatic rings. The van der Waals surface area contributed by atoms with Crippen LogP contribution in [0, 0.1) is 0 Å². The van der Waals surface area contributed by atoms with Gasteiger partial charge in [-0.05, 0) is 53.4 Å². The van der Waals surface area contributed by atoms with Gasteiger partial charge in [0.1, 0.15) is 5.70 Å². The van der Waals surface area contributed by atoms with Crippen LogP contribution in [0.25, 0.3) is 5.57 Å². The maximum Gasteiger partial charge on any atom is 0.278 e. The van der Waals surface area contributed by atoms with E-state index in [9.17, 15) is 9.59 Å². The summed E-state index contributed by atoms with van der Waals surface area (Å²) in [4.78, 5) is 30.8. The molecule has 0 radical (unpaired) electrons. The van der Waals surface area contributed by atoms with E-state index in [-0.39, 0.29) is 24.1 Å². The van der Waals surface area contributed by atoms with Crippen molar-refractivity contribution in [2.24, 2.45) is 0 Å². The monoisotopic (exact) mass is 463 g/mol. The predicted octanol–water partition coefficient (Wildman–Crippen LogP) is 4.22. The van der Waals surface area contributed by atoms with Gasteiger partial charge >= 0.3 is 0 Å². The summed E-state index contributed by atoms with van der Waals surface area (Å²) >= 11 is 1.43. The van der Waals surface area contributed by atoms with Crippen LogP contribution >= 0.6 is 11.3 Å². The molecule has 0 fully saturated rings. The normalized spacial score (nSPS) is 13.5. The van der Waals surface area contributed by atoms with E-state index in [1.54, 1.807) is 26.4 Å². The van der Waals surface area contributed by atoms with Crippen LogP contribution in [0.4, 0.5) is 11.4 Å².